The standard InChI is InChI=1S/C14H29N/c1-5-14(4)12-15-11-9-7-6-8-10-13(2)3/h13,15H,4-12H2,1-3H3. The van der Waals surface area contributed by atoms with Gasteiger partial charge >= 0.3 is 0 Å². The van der Waals surface area contributed by atoms with Gasteiger partial charge < -0.3 is 5.32 Å². The highest BCUT2D eigenvalue weighted by molar-refractivity contribution is 4.94. The van der Waals surface area contributed by atoms with Crippen molar-refractivity contribution in [1.29, 1.82) is 0 Å². The first kappa shape index (κ1) is 14.7. The molecule has 0 aliphatic rings. The van der Waals surface area contributed by atoms with Crippen LogP contribution in [0.3, 0.4) is 0 Å². The van der Waals surface area contributed by atoms with Gasteiger partial charge in [-0.25, -0.2) is 0 Å². The molecule has 0 radical (unpaired) electrons. The second-order valence-electron chi connectivity index (χ2n) is 4.88. The largest absolute Gasteiger partial charge is 0.313 e. The molecule has 0 bridgehead atoms. The van der Waals surface area contributed by atoms with E-state index >= 15 is 0 Å². The number of hydrogen-bond acceptors (Lipinski definition) is 1. The molecule has 90 valence electrons. The highest BCUT2D eigenvalue weighted by atomic mass is 14.8. The fourth-order valence-electron chi connectivity index (χ4n) is 1.55. The molecule has 0 amide bonds. The molecule has 0 spiro atoms. The van der Waals surface area contributed by atoms with E-state index in [1.165, 1.54) is 37.7 Å². The van der Waals surface area contributed by atoms with Crippen LogP contribution in [0.25, 0.3) is 0 Å². The fourth-order valence-corrected chi connectivity index (χ4v) is 1.55. The molecule has 0 aromatic carbocycles. The molecule has 0 aliphatic heterocycles. The monoisotopic (exact) mass is 211 g/mol. The minimum absolute atomic E-state index is 0.871. The first-order valence-corrected chi connectivity index (χ1v) is 6.54. The van der Waals surface area contributed by atoms with Crippen molar-refractivity contribution in [3.8, 4) is 0 Å². The molecule has 0 aromatic rings. The van der Waals surface area contributed by atoms with E-state index in [0.717, 1.165) is 25.4 Å². The van der Waals surface area contributed by atoms with Crippen LogP contribution in [0.4, 0.5) is 0 Å². The Balaban J connectivity index is 3.02. The maximum absolute atomic E-state index is 3.98. The Hall–Kier alpha value is -0.300. The number of rotatable bonds is 10. The van der Waals surface area contributed by atoms with Gasteiger partial charge in [-0.05, 0) is 25.3 Å². The van der Waals surface area contributed by atoms with Crippen molar-refractivity contribution < 1.29 is 0 Å². The zero-order valence-corrected chi connectivity index (χ0v) is 10.9. The van der Waals surface area contributed by atoms with E-state index in [4.69, 9.17) is 0 Å². The summed E-state index contributed by atoms with van der Waals surface area (Å²) in [6, 6.07) is 0. The average molecular weight is 211 g/mol. The third-order valence-electron chi connectivity index (χ3n) is 2.76. The Morgan fingerprint density at radius 3 is 2.40 bits per heavy atom. The van der Waals surface area contributed by atoms with E-state index in [9.17, 15) is 0 Å². The van der Waals surface area contributed by atoms with Gasteiger partial charge in [0.25, 0.3) is 0 Å². The lowest BCUT2D eigenvalue weighted by molar-refractivity contribution is 0.514. The van der Waals surface area contributed by atoms with Crippen LogP contribution >= 0.6 is 0 Å². The van der Waals surface area contributed by atoms with Gasteiger partial charge in [0.1, 0.15) is 0 Å². The number of hydrogen-bond donors (Lipinski definition) is 1. The smallest absolute Gasteiger partial charge is 0.0161 e. The predicted octanol–water partition coefficient (Wildman–Crippen LogP) is 4.15. The normalized spacial score (nSPS) is 10.9. The maximum atomic E-state index is 3.98. The summed E-state index contributed by atoms with van der Waals surface area (Å²) in [4.78, 5) is 0. The van der Waals surface area contributed by atoms with Gasteiger partial charge in [-0.15, -0.1) is 0 Å². The molecule has 1 heteroatoms. The summed E-state index contributed by atoms with van der Waals surface area (Å²) in [7, 11) is 0. The molecule has 0 unspecified atom stereocenters. The summed E-state index contributed by atoms with van der Waals surface area (Å²) >= 11 is 0. The molecule has 0 aromatic heterocycles. The Kier molecular flexibility index (Phi) is 10.0. The van der Waals surface area contributed by atoms with E-state index in [0.29, 0.717) is 0 Å². The lowest BCUT2D eigenvalue weighted by Crippen LogP contribution is -2.17. The van der Waals surface area contributed by atoms with Crippen molar-refractivity contribution in [2.45, 2.75) is 59.3 Å². The first-order chi connectivity index (χ1) is 7.16. The summed E-state index contributed by atoms with van der Waals surface area (Å²) in [5.41, 5.74) is 1.31. The van der Waals surface area contributed by atoms with Crippen molar-refractivity contribution in [2.75, 3.05) is 13.1 Å². The van der Waals surface area contributed by atoms with Crippen LogP contribution in [0.1, 0.15) is 59.3 Å². The van der Waals surface area contributed by atoms with Crippen LogP contribution in [-0.4, -0.2) is 13.1 Å². The molecule has 0 atom stereocenters. The second-order valence-corrected chi connectivity index (χ2v) is 4.88. The maximum Gasteiger partial charge on any atom is 0.0161 e. The molecule has 0 aliphatic carbocycles. The quantitative estimate of drug-likeness (QED) is 0.423. The van der Waals surface area contributed by atoms with Crippen LogP contribution in [0.5, 0.6) is 0 Å². The first-order valence-electron chi connectivity index (χ1n) is 6.54. The SMILES string of the molecule is C=C(CC)CNCCCCCCC(C)C. The second kappa shape index (κ2) is 10.2. The summed E-state index contributed by atoms with van der Waals surface area (Å²) in [6.45, 7) is 12.9. The zero-order chi connectivity index (χ0) is 11.5. The molecule has 0 fully saturated rings. The molecule has 0 saturated heterocycles. The lowest BCUT2D eigenvalue weighted by Gasteiger charge is -2.06. The Labute approximate surface area is 96.3 Å². The van der Waals surface area contributed by atoms with Crippen LogP contribution in [0.2, 0.25) is 0 Å². The Morgan fingerprint density at radius 2 is 1.80 bits per heavy atom. The van der Waals surface area contributed by atoms with Gasteiger partial charge in [0.15, 0.2) is 0 Å². The summed E-state index contributed by atoms with van der Waals surface area (Å²) in [5, 5.41) is 3.44. The molecule has 1 N–H and O–H groups in total. The zero-order valence-electron chi connectivity index (χ0n) is 10.9. The van der Waals surface area contributed by atoms with E-state index in [-0.39, 0.29) is 0 Å². The van der Waals surface area contributed by atoms with Crippen molar-refractivity contribution in [3.05, 3.63) is 12.2 Å². The number of unbranched alkanes of at least 4 members (excludes halogenated alkanes) is 3. The molecular weight excluding hydrogens is 182 g/mol. The summed E-state index contributed by atoms with van der Waals surface area (Å²) in [5.74, 6) is 0.871. The van der Waals surface area contributed by atoms with Gasteiger partial charge in [0.05, 0.1) is 0 Å². The molecule has 15 heavy (non-hydrogen) atoms. The third-order valence-corrected chi connectivity index (χ3v) is 2.76. The molecule has 0 rings (SSSR count). The molecule has 0 saturated carbocycles. The predicted molar refractivity (Wildman–Crippen MR) is 70.2 cm³/mol. The summed E-state index contributed by atoms with van der Waals surface area (Å²) in [6.07, 6.45) is 7.97. The Morgan fingerprint density at radius 1 is 1.13 bits per heavy atom. The topological polar surface area (TPSA) is 12.0 Å². The minimum Gasteiger partial charge on any atom is -0.313 e. The van der Waals surface area contributed by atoms with Crippen LogP contribution in [0.15, 0.2) is 12.2 Å². The van der Waals surface area contributed by atoms with E-state index in [1.54, 1.807) is 0 Å². The minimum atomic E-state index is 0.871. The highest BCUT2D eigenvalue weighted by Gasteiger charge is 1.94. The van der Waals surface area contributed by atoms with Crippen molar-refractivity contribution in [1.82, 2.24) is 5.32 Å². The average Bonchev–Trinajstić information content (AvgIpc) is 2.21. The Bertz CT molecular complexity index is 149. The fraction of sp³-hybridized carbons (Fsp3) is 0.857. The third kappa shape index (κ3) is 11.6. The van der Waals surface area contributed by atoms with Gasteiger partial charge in [-0.3, -0.25) is 0 Å². The van der Waals surface area contributed by atoms with Crippen LogP contribution in [-0.2, 0) is 0 Å². The molecule has 1 nitrogen and oxygen atoms in total. The van der Waals surface area contributed by atoms with Crippen molar-refractivity contribution in [3.63, 3.8) is 0 Å². The molecular formula is C14H29N. The van der Waals surface area contributed by atoms with Crippen molar-refractivity contribution >= 4 is 0 Å². The number of nitrogens with one attached hydrogen (secondary N) is 1. The van der Waals surface area contributed by atoms with E-state index < -0.39 is 0 Å². The summed E-state index contributed by atoms with van der Waals surface area (Å²) < 4.78 is 0. The van der Waals surface area contributed by atoms with E-state index in [2.05, 4.69) is 32.7 Å². The highest BCUT2D eigenvalue weighted by Crippen LogP contribution is 2.08. The van der Waals surface area contributed by atoms with E-state index in [1.807, 2.05) is 0 Å². The van der Waals surface area contributed by atoms with Gasteiger partial charge in [0, 0.05) is 6.54 Å². The van der Waals surface area contributed by atoms with Crippen LogP contribution in [0, 0.1) is 5.92 Å². The van der Waals surface area contributed by atoms with Gasteiger partial charge in [-0.1, -0.05) is 58.6 Å². The molecule has 0 heterocycles. The lowest BCUT2D eigenvalue weighted by atomic mass is 10.0. The van der Waals surface area contributed by atoms with Gasteiger partial charge in [0.2, 0.25) is 0 Å². The van der Waals surface area contributed by atoms with Crippen molar-refractivity contribution in [2.24, 2.45) is 5.92 Å². The van der Waals surface area contributed by atoms with Crippen LogP contribution < -0.4 is 5.32 Å². The van der Waals surface area contributed by atoms with Gasteiger partial charge in [-0.2, -0.15) is 0 Å².